The third-order valence-electron chi connectivity index (χ3n) is 2.04. The summed E-state index contributed by atoms with van der Waals surface area (Å²) < 4.78 is 0. The van der Waals surface area contributed by atoms with Crippen molar-refractivity contribution in [3.63, 3.8) is 0 Å². The van der Waals surface area contributed by atoms with E-state index >= 15 is 0 Å². The normalized spacial score (nSPS) is 12.5. The van der Waals surface area contributed by atoms with Crippen molar-refractivity contribution in [3.05, 3.63) is 23.3 Å². The molecule has 0 bridgehead atoms. The molecule has 4 heteroatoms. The fraction of sp³-hybridized carbons (Fsp3) is 0.500. The minimum absolute atomic E-state index is 0.398. The van der Waals surface area contributed by atoms with Crippen LogP contribution in [0.1, 0.15) is 37.0 Å². The molecule has 1 heterocycles. The molecule has 1 aromatic heterocycles. The summed E-state index contributed by atoms with van der Waals surface area (Å²) in [4.78, 5) is 19.0. The molecule has 76 valence electrons. The predicted octanol–water partition coefficient (Wildman–Crippen LogP) is 1.54. The van der Waals surface area contributed by atoms with Crippen molar-refractivity contribution in [2.75, 3.05) is 0 Å². The first-order valence-corrected chi connectivity index (χ1v) is 4.61. The Labute approximate surface area is 83.0 Å². The topological polar surface area (TPSA) is 63.1 Å². The Kier molecular flexibility index (Phi) is 3.17. The molecule has 0 amide bonds. The molecule has 4 nitrogen and oxygen atoms in total. The van der Waals surface area contributed by atoms with Crippen molar-refractivity contribution in [2.24, 2.45) is 0 Å². The van der Waals surface area contributed by atoms with Crippen LogP contribution in [0.2, 0.25) is 0 Å². The Hall–Kier alpha value is -1.45. The number of carbonyl (C=O) groups is 1. The van der Waals surface area contributed by atoms with Gasteiger partial charge in [-0.3, -0.25) is 4.79 Å². The molecule has 1 N–H and O–H groups in total. The van der Waals surface area contributed by atoms with Crippen LogP contribution in [0.5, 0.6) is 0 Å². The van der Waals surface area contributed by atoms with E-state index in [2.05, 4.69) is 9.97 Å². The highest BCUT2D eigenvalue weighted by Crippen LogP contribution is 2.12. The first-order valence-electron chi connectivity index (χ1n) is 4.61. The average molecular weight is 194 g/mol. The fourth-order valence-electron chi connectivity index (χ4n) is 1.14. The van der Waals surface area contributed by atoms with Crippen LogP contribution in [0, 0.1) is 6.92 Å². The van der Waals surface area contributed by atoms with E-state index in [1.807, 2.05) is 19.9 Å². The van der Waals surface area contributed by atoms with E-state index in [0.717, 1.165) is 17.8 Å². The second-order valence-electron chi connectivity index (χ2n) is 3.27. The van der Waals surface area contributed by atoms with Crippen molar-refractivity contribution >= 4 is 5.97 Å². The van der Waals surface area contributed by atoms with Crippen molar-refractivity contribution in [1.29, 1.82) is 0 Å². The van der Waals surface area contributed by atoms with E-state index in [0.29, 0.717) is 5.82 Å². The molecule has 1 rings (SSSR count). The molecule has 1 atom stereocenters. The summed E-state index contributed by atoms with van der Waals surface area (Å²) in [5.74, 6) is -1.13. The van der Waals surface area contributed by atoms with E-state index in [9.17, 15) is 4.79 Å². The second kappa shape index (κ2) is 4.17. The lowest BCUT2D eigenvalue weighted by molar-refractivity contribution is -0.138. The van der Waals surface area contributed by atoms with E-state index in [-0.39, 0.29) is 0 Å². The van der Waals surface area contributed by atoms with Crippen molar-refractivity contribution < 1.29 is 9.90 Å². The van der Waals surface area contributed by atoms with Gasteiger partial charge in [0.25, 0.3) is 0 Å². The molecule has 0 fully saturated rings. The lowest BCUT2D eigenvalue weighted by atomic mass is 10.1. The Morgan fingerprint density at radius 3 is 2.71 bits per heavy atom. The van der Waals surface area contributed by atoms with Gasteiger partial charge in [-0.1, -0.05) is 6.92 Å². The van der Waals surface area contributed by atoms with Crippen molar-refractivity contribution in [1.82, 2.24) is 9.97 Å². The standard InChI is InChI=1S/C10H14N2O2/c1-4-8-5-6(2)11-9(12-8)7(3)10(13)14/h5,7H,4H2,1-3H3,(H,13,14). The highest BCUT2D eigenvalue weighted by atomic mass is 16.4. The maximum atomic E-state index is 10.7. The van der Waals surface area contributed by atoms with Gasteiger partial charge in [-0.2, -0.15) is 0 Å². The van der Waals surface area contributed by atoms with E-state index in [1.54, 1.807) is 6.92 Å². The number of aryl methyl sites for hydroxylation is 2. The molecule has 1 unspecified atom stereocenters. The lowest BCUT2D eigenvalue weighted by Crippen LogP contribution is -2.13. The Morgan fingerprint density at radius 2 is 2.21 bits per heavy atom. The van der Waals surface area contributed by atoms with E-state index in [1.165, 1.54) is 0 Å². The molecule has 0 saturated heterocycles. The van der Waals surface area contributed by atoms with Crippen LogP contribution >= 0.6 is 0 Å². The highest BCUT2D eigenvalue weighted by Gasteiger charge is 2.17. The zero-order valence-corrected chi connectivity index (χ0v) is 8.61. The van der Waals surface area contributed by atoms with Gasteiger partial charge >= 0.3 is 5.97 Å². The second-order valence-corrected chi connectivity index (χ2v) is 3.27. The number of hydrogen-bond donors (Lipinski definition) is 1. The molecule has 0 aliphatic carbocycles. The molecule has 0 radical (unpaired) electrons. The van der Waals surface area contributed by atoms with Gasteiger partial charge < -0.3 is 5.11 Å². The van der Waals surface area contributed by atoms with Crippen molar-refractivity contribution in [3.8, 4) is 0 Å². The smallest absolute Gasteiger partial charge is 0.313 e. The molecule has 0 aliphatic heterocycles. The summed E-state index contributed by atoms with van der Waals surface area (Å²) in [6.07, 6.45) is 0.794. The molecule has 14 heavy (non-hydrogen) atoms. The minimum Gasteiger partial charge on any atom is -0.481 e. The van der Waals surface area contributed by atoms with Crippen LogP contribution in [-0.4, -0.2) is 21.0 Å². The van der Waals surface area contributed by atoms with Gasteiger partial charge in [0.05, 0.1) is 0 Å². The maximum absolute atomic E-state index is 10.7. The van der Waals surface area contributed by atoms with Gasteiger partial charge in [0.1, 0.15) is 11.7 Å². The van der Waals surface area contributed by atoms with Gasteiger partial charge in [-0.15, -0.1) is 0 Å². The monoisotopic (exact) mass is 194 g/mol. The number of hydrogen-bond acceptors (Lipinski definition) is 3. The molecule has 0 saturated carbocycles. The fourth-order valence-corrected chi connectivity index (χ4v) is 1.14. The predicted molar refractivity (Wildman–Crippen MR) is 52.2 cm³/mol. The minimum atomic E-state index is -0.891. The van der Waals surface area contributed by atoms with E-state index < -0.39 is 11.9 Å². The van der Waals surface area contributed by atoms with Gasteiger partial charge in [0.2, 0.25) is 0 Å². The zero-order valence-electron chi connectivity index (χ0n) is 8.61. The quantitative estimate of drug-likeness (QED) is 0.792. The maximum Gasteiger partial charge on any atom is 0.313 e. The largest absolute Gasteiger partial charge is 0.481 e. The number of carboxylic acids is 1. The molecular formula is C10H14N2O2. The number of aromatic nitrogens is 2. The third kappa shape index (κ3) is 2.28. The van der Waals surface area contributed by atoms with Gasteiger partial charge in [0, 0.05) is 11.4 Å². The van der Waals surface area contributed by atoms with E-state index in [4.69, 9.17) is 5.11 Å². The zero-order chi connectivity index (χ0) is 10.7. The number of nitrogens with zero attached hydrogens (tertiary/aromatic N) is 2. The molecule has 1 aromatic rings. The Bertz CT molecular complexity index is 350. The SMILES string of the molecule is CCc1cc(C)nc(C(C)C(=O)O)n1. The van der Waals surface area contributed by atoms with Crippen LogP contribution in [-0.2, 0) is 11.2 Å². The summed E-state index contributed by atoms with van der Waals surface area (Å²) in [5.41, 5.74) is 1.71. The third-order valence-corrected chi connectivity index (χ3v) is 2.04. The van der Waals surface area contributed by atoms with Gasteiger partial charge in [-0.25, -0.2) is 9.97 Å². The van der Waals surface area contributed by atoms with Crippen LogP contribution in [0.25, 0.3) is 0 Å². The number of rotatable bonds is 3. The highest BCUT2D eigenvalue weighted by molar-refractivity contribution is 5.74. The average Bonchev–Trinajstić information content (AvgIpc) is 2.15. The first-order chi connectivity index (χ1) is 6.54. The lowest BCUT2D eigenvalue weighted by Gasteiger charge is -2.07. The molecule has 0 aliphatic rings. The molecule has 0 spiro atoms. The number of aliphatic carboxylic acids is 1. The summed E-state index contributed by atoms with van der Waals surface area (Å²) >= 11 is 0. The van der Waals surface area contributed by atoms with Crippen LogP contribution in [0.4, 0.5) is 0 Å². The number of carboxylic acid groups (broad SMARTS) is 1. The summed E-state index contributed by atoms with van der Waals surface area (Å²) in [6, 6.07) is 1.87. The van der Waals surface area contributed by atoms with Gasteiger partial charge in [0.15, 0.2) is 0 Å². The Morgan fingerprint density at radius 1 is 1.57 bits per heavy atom. The summed E-state index contributed by atoms with van der Waals surface area (Å²) in [6.45, 7) is 5.42. The first kappa shape index (κ1) is 10.6. The van der Waals surface area contributed by atoms with Crippen LogP contribution in [0.15, 0.2) is 6.07 Å². The van der Waals surface area contributed by atoms with Crippen LogP contribution in [0.3, 0.4) is 0 Å². The summed E-state index contributed by atoms with van der Waals surface area (Å²) in [5, 5.41) is 8.81. The molecular weight excluding hydrogens is 180 g/mol. The van der Waals surface area contributed by atoms with Gasteiger partial charge in [-0.05, 0) is 26.3 Å². The summed E-state index contributed by atoms with van der Waals surface area (Å²) in [7, 11) is 0. The van der Waals surface area contributed by atoms with Crippen molar-refractivity contribution in [2.45, 2.75) is 33.1 Å². The molecule has 0 aromatic carbocycles. The van der Waals surface area contributed by atoms with Crippen LogP contribution < -0.4 is 0 Å². The Balaban J connectivity index is 3.08.